The summed E-state index contributed by atoms with van der Waals surface area (Å²) in [5.74, 6) is -0.553. The largest absolute Gasteiger partial charge is 0.451 e. The molecule has 0 unspecified atom stereocenters. The van der Waals surface area contributed by atoms with Crippen molar-refractivity contribution in [2.45, 2.75) is 19.3 Å². The number of alkyl halides is 3. The molecule has 0 fully saturated rings. The molecule has 80 valence electrons. The van der Waals surface area contributed by atoms with E-state index in [1.54, 1.807) is 0 Å². The van der Waals surface area contributed by atoms with Crippen LogP contribution in [0.4, 0.5) is 13.2 Å². The van der Waals surface area contributed by atoms with Crippen molar-refractivity contribution in [1.29, 1.82) is 0 Å². The molecule has 0 amide bonds. The van der Waals surface area contributed by atoms with Crippen LogP contribution >= 0.6 is 12.4 Å². The first-order valence-electron chi connectivity index (χ1n) is 3.79. The Bertz CT molecular complexity index is 321. The van der Waals surface area contributed by atoms with E-state index in [0.717, 1.165) is 4.57 Å². The second-order valence-electron chi connectivity index (χ2n) is 2.77. The highest BCUT2D eigenvalue weighted by molar-refractivity contribution is 5.85. The van der Waals surface area contributed by atoms with E-state index in [0.29, 0.717) is 18.9 Å². The van der Waals surface area contributed by atoms with Crippen LogP contribution in [0.1, 0.15) is 11.6 Å². The summed E-state index contributed by atoms with van der Waals surface area (Å²) in [5.41, 5.74) is 0. The summed E-state index contributed by atoms with van der Waals surface area (Å²) in [6, 6.07) is 0. The molecule has 2 rings (SSSR count). The van der Waals surface area contributed by atoms with Crippen LogP contribution in [0, 0.1) is 0 Å². The molecule has 1 aromatic rings. The maximum Gasteiger partial charge on any atom is 0.451 e. The minimum atomic E-state index is -4.40. The molecule has 0 atom stereocenters. The third-order valence-corrected chi connectivity index (χ3v) is 1.88. The standard InChI is InChI=1S/C6H7F3N4.ClH/c7-6(8,9)5-12-11-4-3-10-1-2-13(4)5;/h10H,1-3H2;1H. The molecule has 0 saturated carbocycles. The molecule has 0 bridgehead atoms. The summed E-state index contributed by atoms with van der Waals surface area (Å²) >= 11 is 0. The Morgan fingerprint density at radius 3 is 2.64 bits per heavy atom. The van der Waals surface area contributed by atoms with Gasteiger partial charge in [-0.25, -0.2) is 0 Å². The number of nitrogens with zero attached hydrogens (tertiary/aromatic N) is 3. The Morgan fingerprint density at radius 1 is 1.29 bits per heavy atom. The molecule has 8 heteroatoms. The lowest BCUT2D eigenvalue weighted by Gasteiger charge is -2.16. The van der Waals surface area contributed by atoms with Crippen LogP contribution in [0.5, 0.6) is 0 Å². The summed E-state index contributed by atoms with van der Waals surface area (Å²) in [4.78, 5) is 0. The highest BCUT2D eigenvalue weighted by Gasteiger charge is 2.38. The van der Waals surface area contributed by atoms with Gasteiger partial charge in [0, 0.05) is 13.1 Å². The second-order valence-corrected chi connectivity index (χ2v) is 2.77. The molecule has 2 heterocycles. The molecule has 0 radical (unpaired) electrons. The van der Waals surface area contributed by atoms with Crippen molar-refractivity contribution in [1.82, 2.24) is 20.1 Å². The number of nitrogens with one attached hydrogen (secondary N) is 1. The topological polar surface area (TPSA) is 42.7 Å². The van der Waals surface area contributed by atoms with Crippen molar-refractivity contribution in [3.63, 3.8) is 0 Å². The van der Waals surface area contributed by atoms with Gasteiger partial charge in [-0.3, -0.25) is 0 Å². The Hall–Kier alpha value is -0.820. The van der Waals surface area contributed by atoms with Crippen molar-refractivity contribution in [2.75, 3.05) is 6.54 Å². The smallest absolute Gasteiger partial charge is 0.308 e. The Kier molecular flexibility index (Phi) is 3.01. The third kappa shape index (κ3) is 1.83. The molecule has 0 aromatic carbocycles. The fourth-order valence-electron chi connectivity index (χ4n) is 1.30. The minimum Gasteiger partial charge on any atom is -0.308 e. The van der Waals surface area contributed by atoms with Gasteiger partial charge in [0.05, 0.1) is 6.54 Å². The lowest BCUT2D eigenvalue weighted by molar-refractivity contribution is -0.147. The molecule has 1 N–H and O–H groups in total. The van der Waals surface area contributed by atoms with Gasteiger partial charge < -0.3 is 9.88 Å². The van der Waals surface area contributed by atoms with E-state index in [9.17, 15) is 13.2 Å². The zero-order chi connectivity index (χ0) is 9.47. The summed E-state index contributed by atoms with van der Waals surface area (Å²) in [6.45, 7) is 1.15. The van der Waals surface area contributed by atoms with Gasteiger partial charge in [-0.05, 0) is 0 Å². The summed E-state index contributed by atoms with van der Waals surface area (Å²) in [6.07, 6.45) is -4.40. The number of hydrogen-bond acceptors (Lipinski definition) is 3. The van der Waals surface area contributed by atoms with Gasteiger partial charge in [-0.15, -0.1) is 22.6 Å². The van der Waals surface area contributed by atoms with Crippen molar-refractivity contribution in [2.24, 2.45) is 0 Å². The summed E-state index contributed by atoms with van der Waals surface area (Å²) in [7, 11) is 0. The summed E-state index contributed by atoms with van der Waals surface area (Å²) < 4.78 is 37.9. The van der Waals surface area contributed by atoms with Crippen LogP contribution in [0.25, 0.3) is 0 Å². The monoisotopic (exact) mass is 228 g/mol. The van der Waals surface area contributed by atoms with Gasteiger partial charge in [0.25, 0.3) is 0 Å². The van der Waals surface area contributed by atoms with E-state index < -0.39 is 12.0 Å². The molecule has 0 spiro atoms. The van der Waals surface area contributed by atoms with Crippen molar-refractivity contribution >= 4 is 12.4 Å². The van der Waals surface area contributed by atoms with Crippen LogP contribution in [-0.2, 0) is 19.3 Å². The molecular formula is C6H8ClF3N4. The molecule has 1 aliphatic rings. The average Bonchev–Trinajstić information content (AvgIpc) is 2.45. The minimum absolute atomic E-state index is 0. The van der Waals surface area contributed by atoms with Crippen LogP contribution in [0.15, 0.2) is 0 Å². The molecule has 0 aliphatic carbocycles. The maximum absolute atomic E-state index is 12.3. The molecule has 0 saturated heterocycles. The van der Waals surface area contributed by atoms with Crippen LogP contribution in [0.3, 0.4) is 0 Å². The fraction of sp³-hybridized carbons (Fsp3) is 0.667. The van der Waals surface area contributed by atoms with Crippen LogP contribution in [0.2, 0.25) is 0 Å². The number of hydrogen-bond donors (Lipinski definition) is 1. The van der Waals surface area contributed by atoms with E-state index in [2.05, 4.69) is 15.5 Å². The van der Waals surface area contributed by atoms with E-state index in [1.807, 2.05) is 0 Å². The zero-order valence-corrected chi connectivity index (χ0v) is 7.82. The van der Waals surface area contributed by atoms with Gasteiger partial charge >= 0.3 is 6.18 Å². The fourth-order valence-corrected chi connectivity index (χ4v) is 1.30. The van der Waals surface area contributed by atoms with Crippen molar-refractivity contribution < 1.29 is 13.2 Å². The van der Waals surface area contributed by atoms with E-state index in [1.165, 1.54) is 0 Å². The zero-order valence-electron chi connectivity index (χ0n) is 7.01. The first-order chi connectivity index (χ1) is 6.09. The predicted molar refractivity (Wildman–Crippen MR) is 44.0 cm³/mol. The lowest BCUT2D eigenvalue weighted by Crippen LogP contribution is -2.30. The maximum atomic E-state index is 12.3. The average molecular weight is 229 g/mol. The lowest BCUT2D eigenvalue weighted by atomic mass is 10.4. The van der Waals surface area contributed by atoms with Crippen molar-refractivity contribution in [3.05, 3.63) is 11.6 Å². The van der Waals surface area contributed by atoms with E-state index in [-0.39, 0.29) is 19.0 Å². The van der Waals surface area contributed by atoms with Crippen LogP contribution in [-0.4, -0.2) is 21.3 Å². The Balaban J connectivity index is 0.000000980. The van der Waals surface area contributed by atoms with Gasteiger partial charge in [-0.2, -0.15) is 13.2 Å². The van der Waals surface area contributed by atoms with E-state index >= 15 is 0 Å². The van der Waals surface area contributed by atoms with E-state index in [4.69, 9.17) is 0 Å². The molecule has 1 aromatic heterocycles. The molecule has 14 heavy (non-hydrogen) atoms. The second kappa shape index (κ2) is 3.74. The Labute approximate surface area is 83.9 Å². The van der Waals surface area contributed by atoms with Crippen LogP contribution < -0.4 is 5.32 Å². The van der Waals surface area contributed by atoms with Gasteiger partial charge in [0.15, 0.2) is 0 Å². The van der Waals surface area contributed by atoms with Gasteiger partial charge in [0.1, 0.15) is 5.82 Å². The first kappa shape index (κ1) is 11.3. The third-order valence-electron chi connectivity index (χ3n) is 1.88. The molecule has 4 nitrogen and oxygen atoms in total. The Morgan fingerprint density at radius 2 is 2.00 bits per heavy atom. The number of fused-ring (bicyclic) bond motifs is 1. The highest BCUT2D eigenvalue weighted by atomic mass is 35.5. The molecule has 1 aliphatic heterocycles. The van der Waals surface area contributed by atoms with Gasteiger partial charge in [0.2, 0.25) is 5.82 Å². The predicted octanol–water partition coefficient (Wildman–Crippen LogP) is 0.822. The highest BCUT2D eigenvalue weighted by Crippen LogP contribution is 2.28. The number of rotatable bonds is 0. The quantitative estimate of drug-likeness (QED) is 0.715. The van der Waals surface area contributed by atoms with Gasteiger partial charge in [-0.1, -0.05) is 0 Å². The summed E-state index contributed by atoms with van der Waals surface area (Å²) in [5, 5.41) is 9.49. The first-order valence-corrected chi connectivity index (χ1v) is 3.79. The number of aromatic nitrogens is 3. The molecular weight excluding hydrogens is 221 g/mol. The number of halogens is 4. The SMILES string of the molecule is Cl.FC(F)(F)c1nnc2n1CCNC2. The normalized spacial score (nSPS) is 15.9. The van der Waals surface area contributed by atoms with Crippen molar-refractivity contribution in [3.8, 4) is 0 Å².